The molecule has 1 rings (SSSR count). The van der Waals surface area contributed by atoms with Gasteiger partial charge in [0.25, 0.3) is 0 Å². The van der Waals surface area contributed by atoms with E-state index in [1.165, 1.54) is 18.4 Å². The number of hydrogen-bond acceptors (Lipinski definition) is 2. The van der Waals surface area contributed by atoms with Crippen LogP contribution in [-0.2, 0) is 6.54 Å². The van der Waals surface area contributed by atoms with Gasteiger partial charge in [-0.15, -0.1) is 0 Å². The van der Waals surface area contributed by atoms with Crippen molar-refractivity contribution in [1.29, 1.82) is 0 Å². The Hall–Kier alpha value is -0.860. The normalized spacial score (nSPS) is 13.1. The highest BCUT2D eigenvalue weighted by Gasteiger charge is 2.11. The molecule has 0 radical (unpaired) electrons. The lowest BCUT2D eigenvalue weighted by Crippen LogP contribution is -2.37. The molecule has 1 aromatic carbocycles. The molecule has 0 aliphatic carbocycles. The monoisotopic (exact) mass is 206 g/mol. The number of nitrogens with zero attached hydrogens (tertiary/aromatic N) is 1. The van der Waals surface area contributed by atoms with Gasteiger partial charge in [0.05, 0.1) is 0 Å². The van der Waals surface area contributed by atoms with E-state index in [0.717, 1.165) is 13.1 Å². The van der Waals surface area contributed by atoms with Crippen LogP contribution in [0.3, 0.4) is 0 Å². The van der Waals surface area contributed by atoms with Gasteiger partial charge >= 0.3 is 0 Å². The predicted molar refractivity (Wildman–Crippen MR) is 65.7 cm³/mol. The van der Waals surface area contributed by atoms with Gasteiger partial charge < -0.3 is 5.73 Å². The van der Waals surface area contributed by atoms with Crippen molar-refractivity contribution >= 4 is 0 Å². The highest BCUT2D eigenvalue weighted by Crippen LogP contribution is 2.09. The Balaban J connectivity index is 2.50. The molecule has 2 nitrogen and oxygen atoms in total. The third-order valence-corrected chi connectivity index (χ3v) is 2.79. The molecule has 84 valence electrons. The van der Waals surface area contributed by atoms with Crippen LogP contribution in [0.2, 0.25) is 0 Å². The van der Waals surface area contributed by atoms with Gasteiger partial charge in [-0.2, -0.15) is 0 Å². The molecule has 0 spiro atoms. The second-order valence-electron chi connectivity index (χ2n) is 4.08. The lowest BCUT2D eigenvalue weighted by Gasteiger charge is -2.26. The highest BCUT2D eigenvalue weighted by atomic mass is 15.1. The van der Waals surface area contributed by atoms with Crippen LogP contribution >= 0.6 is 0 Å². The Bertz CT molecular complexity index is 258. The van der Waals surface area contributed by atoms with Gasteiger partial charge in [0.15, 0.2) is 0 Å². The first-order valence-electron chi connectivity index (χ1n) is 5.72. The van der Waals surface area contributed by atoms with Gasteiger partial charge in [-0.05, 0) is 19.0 Å². The van der Waals surface area contributed by atoms with E-state index >= 15 is 0 Å². The summed E-state index contributed by atoms with van der Waals surface area (Å²) >= 11 is 0. The Morgan fingerprint density at radius 1 is 1.27 bits per heavy atom. The van der Waals surface area contributed by atoms with Crippen molar-refractivity contribution in [2.45, 2.75) is 32.4 Å². The molecule has 15 heavy (non-hydrogen) atoms. The summed E-state index contributed by atoms with van der Waals surface area (Å²) in [6.07, 6.45) is 2.38. The second-order valence-corrected chi connectivity index (χ2v) is 4.08. The maximum absolute atomic E-state index is 5.77. The maximum atomic E-state index is 5.77. The van der Waals surface area contributed by atoms with Gasteiger partial charge in [0, 0.05) is 19.1 Å². The van der Waals surface area contributed by atoms with Crippen LogP contribution in [0.5, 0.6) is 0 Å². The Morgan fingerprint density at radius 2 is 1.93 bits per heavy atom. The van der Waals surface area contributed by atoms with Gasteiger partial charge in [-0.1, -0.05) is 43.7 Å². The third-order valence-electron chi connectivity index (χ3n) is 2.79. The molecule has 0 aliphatic heterocycles. The van der Waals surface area contributed by atoms with Crippen LogP contribution < -0.4 is 5.73 Å². The summed E-state index contributed by atoms with van der Waals surface area (Å²) in [4.78, 5) is 2.35. The van der Waals surface area contributed by atoms with E-state index < -0.39 is 0 Å². The van der Waals surface area contributed by atoms with E-state index in [0.29, 0.717) is 6.04 Å². The molecule has 0 amide bonds. The minimum Gasteiger partial charge on any atom is -0.329 e. The minimum atomic E-state index is 0.509. The fourth-order valence-corrected chi connectivity index (χ4v) is 1.85. The third kappa shape index (κ3) is 4.02. The van der Waals surface area contributed by atoms with Gasteiger partial charge in [-0.25, -0.2) is 0 Å². The molecule has 0 bridgehead atoms. The van der Waals surface area contributed by atoms with Gasteiger partial charge in [0.2, 0.25) is 0 Å². The predicted octanol–water partition coefficient (Wildman–Crippen LogP) is 2.25. The Morgan fingerprint density at radius 3 is 2.47 bits per heavy atom. The zero-order valence-corrected chi connectivity index (χ0v) is 9.82. The van der Waals surface area contributed by atoms with Crippen molar-refractivity contribution in [3.05, 3.63) is 35.9 Å². The highest BCUT2D eigenvalue weighted by molar-refractivity contribution is 5.14. The van der Waals surface area contributed by atoms with Crippen LogP contribution in [0.1, 0.15) is 25.3 Å². The van der Waals surface area contributed by atoms with Gasteiger partial charge in [-0.3, -0.25) is 4.90 Å². The van der Waals surface area contributed by atoms with Crippen LogP contribution in [-0.4, -0.2) is 24.5 Å². The lowest BCUT2D eigenvalue weighted by atomic mass is 10.1. The summed E-state index contributed by atoms with van der Waals surface area (Å²) in [7, 11) is 2.15. The van der Waals surface area contributed by atoms with E-state index in [-0.39, 0.29) is 0 Å². The van der Waals surface area contributed by atoms with Crippen molar-refractivity contribution in [1.82, 2.24) is 4.90 Å². The Kier molecular flexibility index (Phi) is 5.37. The smallest absolute Gasteiger partial charge is 0.0234 e. The van der Waals surface area contributed by atoms with Crippen molar-refractivity contribution in [2.75, 3.05) is 13.6 Å². The first kappa shape index (κ1) is 12.2. The van der Waals surface area contributed by atoms with Crippen LogP contribution in [0.25, 0.3) is 0 Å². The SMILES string of the molecule is CCCC(CN)N(C)Cc1ccccc1. The topological polar surface area (TPSA) is 29.3 Å². The number of hydrogen-bond donors (Lipinski definition) is 1. The van der Waals surface area contributed by atoms with Gasteiger partial charge in [0.1, 0.15) is 0 Å². The number of rotatable bonds is 6. The molecular formula is C13H22N2. The van der Waals surface area contributed by atoms with E-state index in [1.807, 2.05) is 0 Å². The first-order valence-corrected chi connectivity index (χ1v) is 5.72. The molecule has 2 heteroatoms. The molecular weight excluding hydrogens is 184 g/mol. The van der Waals surface area contributed by atoms with E-state index in [1.54, 1.807) is 0 Å². The zero-order chi connectivity index (χ0) is 11.1. The standard InChI is InChI=1S/C13H22N2/c1-3-7-13(10-14)15(2)11-12-8-5-4-6-9-12/h4-6,8-9,13H,3,7,10-11,14H2,1-2H3. The van der Waals surface area contributed by atoms with Crippen molar-refractivity contribution < 1.29 is 0 Å². The molecule has 2 N–H and O–H groups in total. The molecule has 1 unspecified atom stereocenters. The molecule has 0 saturated carbocycles. The van der Waals surface area contributed by atoms with Crippen molar-refractivity contribution in [2.24, 2.45) is 5.73 Å². The van der Waals surface area contributed by atoms with Crippen molar-refractivity contribution in [3.63, 3.8) is 0 Å². The maximum Gasteiger partial charge on any atom is 0.0234 e. The van der Waals surface area contributed by atoms with E-state index in [2.05, 4.69) is 49.2 Å². The number of likely N-dealkylation sites (N-methyl/N-ethyl adjacent to an activating group) is 1. The summed E-state index contributed by atoms with van der Waals surface area (Å²) in [6, 6.07) is 11.1. The molecule has 0 saturated heterocycles. The zero-order valence-electron chi connectivity index (χ0n) is 9.82. The summed E-state index contributed by atoms with van der Waals surface area (Å²) in [5.41, 5.74) is 7.13. The van der Waals surface area contributed by atoms with E-state index in [4.69, 9.17) is 5.73 Å². The molecule has 1 atom stereocenters. The van der Waals surface area contributed by atoms with E-state index in [9.17, 15) is 0 Å². The average Bonchev–Trinajstić information content (AvgIpc) is 2.27. The molecule has 1 aromatic rings. The number of benzene rings is 1. The largest absolute Gasteiger partial charge is 0.329 e. The second kappa shape index (κ2) is 6.59. The number of nitrogens with two attached hydrogens (primary N) is 1. The summed E-state index contributed by atoms with van der Waals surface area (Å²) in [5, 5.41) is 0. The molecule has 0 heterocycles. The quantitative estimate of drug-likeness (QED) is 0.773. The minimum absolute atomic E-state index is 0.509. The van der Waals surface area contributed by atoms with Crippen LogP contribution in [0.4, 0.5) is 0 Å². The van der Waals surface area contributed by atoms with Crippen LogP contribution in [0, 0.1) is 0 Å². The van der Waals surface area contributed by atoms with Crippen LogP contribution in [0.15, 0.2) is 30.3 Å². The fraction of sp³-hybridized carbons (Fsp3) is 0.538. The summed E-state index contributed by atoms with van der Waals surface area (Å²) in [6.45, 7) is 3.94. The lowest BCUT2D eigenvalue weighted by molar-refractivity contribution is 0.226. The first-order chi connectivity index (χ1) is 7.27. The fourth-order valence-electron chi connectivity index (χ4n) is 1.85. The molecule has 0 aromatic heterocycles. The van der Waals surface area contributed by atoms with Crippen molar-refractivity contribution in [3.8, 4) is 0 Å². The Labute approximate surface area is 93.1 Å². The summed E-state index contributed by atoms with van der Waals surface area (Å²) in [5.74, 6) is 0. The average molecular weight is 206 g/mol. The molecule has 0 aliphatic rings. The summed E-state index contributed by atoms with van der Waals surface area (Å²) < 4.78 is 0. The molecule has 0 fully saturated rings.